The number of aliphatic hydroxyl groups is 1. The molecule has 0 bridgehead atoms. The van der Waals surface area contributed by atoms with Gasteiger partial charge in [-0.1, -0.05) is 42.5 Å². The van der Waals surface area contributed by atoms with E-state index in [0.29, 0.717) is 17.2 Å². The van der Waals surface area contributed by atoms with Crippen LogP contribution >= 0.6 is 11.3 Å². The number of carbonyl (C=O) groups excluding carboxylic acids is 1. The number of ether oxygens (including phenoxy) is 1. The Morgan fingerprint density at radius 1 is 1.19 bits per heavy atom. The zero-order valence-corrected chi connectivity index (χ0v) is 18.2. The highest BCUT2D eigenvalue weighted by Crippen LogP contribution is 2.36. The molecule has 2 aromatic carbocycles. The molecule has 0 amide bonds. The normalized spacial score (nSPS) is 13.7. The third kappa shape index (κ3) is 4.22. The zero-order valence-electron chi connectivity index (χ0n) is 17.4. The van der Waals surface area contributed by atoms with Crippen LogP contribution < -0.4 is 4.90 Å². The molecule has 0 saturated heterocycles. The molecule has 158 valence electrons. The van der Waals surface area contributed by atoms with Crippen molar-refractivity contribution in [1.82, 2.24) is 4.98 Å². The summed E-state index contributed by atoms with van der Waals surface area (Å²) in [4.78, 5) is 19.2. The van der Waals surface area contributed by atoms with Crippen LogP contribution in [0.25, 0.3) is 16.8 Å². The van der Waals surface area contributed by atoms with Crippen LogP contribution in [0.15, 0.2) is 60.4 Å². The average molecular weight is 434 g/mol. The number of hydrogen-bond acceptors (Lipinski definition) is 6. The second-order valence-corrected chi connectivity index (χ2v) is 8.40. The lowest BCUT2D eigenvalue weighted by Gasteiger charge is -2.19. The smallest absolute Gasteiger partial charge is 0.310 e. The molecule has 0 atom stereocenters. The van der Waals surface area contributed by atoms with Crippen LogP contribution in [0.3, 0.4) is 0 Å². The van der Waals surface area contributed by atoms with Gasteiger partial charge in [-0.05, 0) is 31.5 Å². The Kier molecular flexibility index (Phi) is 5.86. The largest absolute Gasteiger partial charge is 0.510 e. The van der Waals surface area contributed by atoms with Crippen LogP contribution in [0.5, 0.6) is 0 Å². The number of nitrogens with zero attached hydrogens (tertiary/aromatic N) is 2. The first-order valence-electron chi connectivity index (χ1n) is 10.0. The fourth-order valence-corrected chi connectivity index (χ4v) is 4.57. The Morgan fingerprint density at radius 3 is 2.58 bits per heavy atom. The Morgan fingerprint density at radius 2 is 1.90 bits per heavy atom. The SMILES string of the molecule is CCOC(=O)Cc1ccc(N2CC(O)=C(c3nc(-c4ccccc4)c(C)s3)C2=N)cc1. The van der Waals surface area contributed by atoms with Crippen molar-refractivity contribution in [2.45, 2.75) is 20.3 Å². The van der Waals surface area contributed by atoms with Crippen molar-refractivity contribution >= 4 is 34.4 Å². The molecule has 0 spiro atoms. The lowest BCUT2D eigenvalue weighted by molar-refractivity contribution is -0.142. The topological polar surface area (TPSA) is 86.5 Å². The minimum absolute atomic E-state index is 0.133. The van der Waals surface area contributed by atoms with E-state index < -0.39 is 0 Å². The van der Waals surface area contributed by atoms with Crippen molar-refractivity contribution in [1.29, 1.82) is 5.41 Å². The summed E-state index contributed by atoms with van der Waals surface area (Å²) in [7, 11) is 0. The summed E-state index contributed by atoms with van der Waals surface area (Å²) in [5.41, 5.74) is 3.96. The molecular weight excluding hydrogens is 410 g/mol. The number of aliphatic hydroxyl groups excluding tert-OH is 1. The Bertz CT molecular complexity index is 1150. The van der Waals surface area contributed by atoms with Gasteiger partial charge in [0.25, 0.3) is 0 Å². The fraction of sp³-hybridized carbons (Fsp3) is 0.208. The summed E-state index contributed by atoms with van der Waals surface area (Å²) < 4.78 is 4.98. The molecule has 4 rings (SSSR count). The molecule has 2 N–H and O–H groups in total. The highest BCUT2D eigenvalue weighted by atomic mass is 32.1. The lowest BCUT2D eigenvalue weighted by Crippen LogP contribution is -2.26. The molecular formula is C24H23N3O3S. The van der Waals surface area contributed by atoms with E-state index in [1.165, 1.54) is 11.3 Å². The first-order chi connectivity index (χ1) is 15.0. The third-order valence-electron chi connectivity index (χ3n) is 5.06. The number of esters is 1. The van der Waals surface area contributed by atoms with Gasteiger partial charge in [-0.3, -0.25) is 10.2 Å². The highest BCUT2D eigenvalue weighted by molar-refractivity contribution is 7.13. The van der Waals surface area contributed by atoms with Gasteiger partial charge >= 0.3 is 5.97 Å². The minimum atomic E-state index is -0.265. The Hall–Kier alpha value is -3.45. The number of thiazole rings is 1. The number of aromatic nitrogens is 1. The summed E-state index contributed by atoms with van der Waals surface area (Å²) in [5.74, 6) is 0.0806. The van der Waals surface area contributed by atoms with Gasteiger partial charge < -0.3 is 14.7 Å². The first kappa shape index (κ1) is 20.8. The van der Waals surface area contributed by atoms with Gasteiger partial charge in [0, 0.05) is 16.1 Å². The number of nitrogens with one attached hydrogen (secondary N) is 1. The highest BCUT2D eigenvalue weighted by Gasteiger charge is 2.31. The number of rotatable bonds is 6. The monoisotopic (exact) mass is 433 g/mol. The molecule has 3 aromatic rings. The maximum atomic E-state index is 11.7. The van der Waals surface area contributed by atoms with Gasteiger partial charge in [-0.15, -0.1) is 11.3 Å². The van der Waals surface area contributed by atoms with Crippen molar-refractivity contribution in [2.24, 2.45) is 0 Å². The van der Waals surface area contributed by atoms with E-state index in [2.05, 4.69) is 0 Å². The molecule has 7 heteroatoms. The van der Waals surface area contributed by atoms with Crippen LogP contribution in [0.2, 0.25) is 0 Å². The van der Waals surface area contributed by atoms with E-state index in [1.807, 2.05) is 61.5 Å². The zero-order chi connectivity index (χ0) is 22.0. The van der Waals surface area contributed by atoms with Crippen molar-refractivity contribution in [3.63, 3.8) is 0 Å². The van der Waals surface area contributed by atoms with Gasteiger partial charge in [0.05, 0.1) is 30.8 Å². The van der Waals surface area contributed by atoms with E-state index in [1.54, 1.807) is 11.8 Å². The predicted octanol–water partition coefficient (Wildman–Crippen LogP) is 4.99. The van der Waals surface area contributed by atoms with E-state index >= 15 is 0 Å². The number of benzene rings is 2. The van der Waals surface area contributed by atoms with Gasteiger partial charge in [-0.25, -0.2) is 4.98 Å². The summed E-state index contributed by atoms with van der Waals surface area (Å²) >= 11 is 1.48. The molecule has 6 nitrogen and oxygen atoms in total. The van der Waals surface area contributed by atoms with E-state index in [9.17, 15) is 9.90 Å². The van der Waals surface area contributed by atoms with Crippen molar-refractivity contribution in [2.75, 3.05) is 18.1 Å². The Balaban J connectivity index is 1.55. The van der Waals surface area contributed by atoms with E-state index in [-0.39, 0.29) is 30.5 Å². The van der Waals surface area contributed by atoms with Crippen LogP contribution in [0.1, 0.15) is 22.4 Å². The standard InChI is InChI=1S/C24H23N3O3S/c1-3-30-20(29)13-16-9-11-18(12-10-16)27-14-19(28)21(23(27)25)24-26-22(15(2)31-24)17-7-5-4-6-8-17/h4-12,25,28H,3,13-14H2,1-2H3. The van der Waals surface area contributed by atoms with Crippen LogP contribution in [-0.4, -0.2) is 35.0 Å². The summed E-state index contributed by atoms with van der Waals surface area (Å²) in [6.07, 6.45) is 0.209. The third-order valence-corrected chi connectivity index (χ3v) is 6.05. The molecule has 0 radical (unpaired) electrons. The van der Waals surface area contributed by atoms with Crippen molar-refractivity contribution in [3.05, 3.63) is 75.8 Å². The molecule has 31 heavy (non-hydrogen) atoms. The predicted molar refractivity (Wildman–Crippen MR) is 124 cm³/mol. The number of anilines is 1. The first-order valence-corrected chi connectivity index (χ1v) is 10.9. The summed E-state index contributed by atoms with van der Waals surface area (Å²) in [5, 5.41) is 20.0. The Labute approximate surface area is 185 Å². The van der Waals surface area contributed by atoms with Gasteiger partial charge in [-0.2, -0.15) is 0 Å². The molecule has 1 aliphatic heterocycles. The molecule has 0 unspecified atom stereocenters. The summed E-state index contributed by atoms with van der Waals surface area (Å²) in [6.45, 7) is 4.35. The maximum Gasteiger partial charge on any atom is 0.310 e. The number of hydrogen-bond donors (Lipinski definition) is 2. The molecule has 0 aliphatic carbocycles. The number of carbonyl (C=O) groups is 1. The second kappa shape index (κ2) is 8.73. The molecule has 0 saturated carbocycles. The van der Waals surface area contributed by atoms with E-state index in [0.717, 1.165) is 27.4 Å². The minimum Gasteiger partial charge on any atom is -0.510 e. The summed E-state index contributed by atoms with van der Waals surface area (Å²) in [6, 6.07) is 17.3. The molecule has 0 fully saturated rings. The van der Waals surface area contributed by atoms with Gasteiger partial charge in [0.2, 0.25) is 0 Å². The fourth-order valence-electron chi connectivity index (χ4n) is 3.56. The molecule has 1 aromatic heterocycles. The van der Waals surface area contributed by atoms with Gasteiger partial charge in [0.1, 0.15) is 16.6 Å². The van der Waals surface area contributed by atoms with Crippen molar-refractivity contribution < 1.29 is 14.6 Å². The molecule has 2 heterocycles. The number of amidine groups is 1. The number of aryl methyl sites for hydroxylation is 1. The van der Waals surface area contributed by atoms with Crippen LogP contribution in [-0.2, 0) is 16.0 Å². The molecule has 1 aliphatic rings. The quantitative estimate of drug-likeness (QED) is 0.535. The maximum absolute atomic E-state index is 11.7. The van der Waals surface area contributed by atoms with E-state index in [4.69, 9.17) is 15.1 Å². The van der Waals surface area contributed by atoms with Crippen LogP contribution in [0, 0.1) is 12.3 Å². The van der Waals surface area contributed by atoms with Gasteiger partial charge in [0.15, 0.2) is 0 Å². The van der Waals surface area contributed by atoms with Crippen LogP contribution in [0.4, 0.5) is 5.69 Å². The lowest BCUT2D eigenvalue weighted by atomic mass is 10.1. The average Bonchev–Trinajstić information content (AvgIpc) is 3.28. The second-order valence-electron chi connectivity index (χ2n) is 7.19. The van der Waals surface area contributed by atoms with Crippen molar-refractivity contribution in [3.8, 4) is 11.3 Å².